The molecule has 0 bridgehead atoms. The Morgan fingerprint density at radius 3 is 2.76 bits per heavy atom. The Labute approximate surface area is 101 Å². The number of para-hydroxylation sites is 1. The van der Waals surface area contributed by atoms with Crippen molar-refractivity contribution in [2.75, 3.05) is 12.3 Å². The summed E-state index contributed by atoms with van der Waals surface area (Å²) >= 11 is 0. The summed E-state index contributed by atoms with van der Waals surface area (Å²) in [6, 6.07) is 4.81. The summed E-state index contributed by atoms with van der Waals surface area (Å²) in [5, 5.41) is 8.90. The summed E-state index contributed by atoms with van der Waals surface area (Å²) < 4.78 is 5.49. The van der Waals surface area contributed by atoms with Crippen LogP contribution in [0.4, 0.5) is 5.69 Å². The highest BCUT2D eigenvalue weighted by molar-refractivity contribution is 5.95. The van der Waals surface area contributed by atoms with Gasteiger partial charge in [0.15, 0.2) is 0 Å². The molecule has 0 radical (unpaired) electrons. The SMILES string of the molecule is CCCCCCOc1cccc(C(=O)O)c1N. The maximum absolute atomic E-state index is 10.9. The van der Waals surface area contributed by atoms with Gasteiger partial charge in [-0.15, -0.1) is 0 Å². The van der Waals surface area contributed by atoms with Crippen LogP contribution in [0.25, 0.3) is 0 Å². The Morgan fingerprint density at radius 2 is 2.12 bits per heavy atom. The smallest absolute Gasteiger partial charge is 0.337 e. The van der Waals surface area contributed by atoms with Gasteiger partial charge in [0.1, 0.15) is 5.75 Å². The number of anilines is 1. The lowest BCUT2D eigenvalue weighted by molar-refractivity contribution is 0.0697. The molecule has 0 aliphatic rings. The summed E-state index contributed by atoms with van der Waals surface area (Å²) in [5.74, 6) is -0.569. The number of rotatable bonds is 7. The molecule has 4 nitrogen and oxygen atoms in total. The first-order valence-electron chi connectivity index (χ1n) is 5.91. The van der Waals surface area contributed by atoms with Gasteiger partial charge in [0.25, 0.3) is 0 Å². The number of nitrogen functional groups attached to an aromatic ring is 1. The minimum atomic E-state index is -1.03. The highest BCUT2D eigenvalue weighted by Gasteiger charge is 2.11. The standard InChI is InChI=1S/C13H19NO3/c1-2-3-4-5-9-17-11-8-6-7-10(12(11)14)13(15)16/h6-8H,2-5,9,14H2,1H3,(H,15,16). The average Bonchev–Trinajstić information content (AvgIpc) is 2.30. The molecule has 0 aliphatic carbocycles. The van der Waals surface area contributed by atoms with Crippen molar-refractivity contribution in [3.63, 3.8) is 0 Å². The van der Waals surface area contributed by atoms with E-state index in [-0.39, 0.29) is 11.3 Å². The zero-order valence-corrected chi connectivity index (χ0v) is 10.1. The van der Waals surface area contributed by atoms with Crippen LogP contribution in [0.1, 0.15) is 43.0 Å². The van der Waals surface area contributed by atoms with Gasteiger partial charge in [0.2, 0.25) is 0 Å². The quantitative estimate of drug-likeness (QED) is 0.565. The molecule has 0 aromatic heterocycles. The Morgan fingerprint density at radius 1 is 1.35 bits per heavy atom. The molecule has 1 aromatic rings. The normalized spacial score (nSPS) is 10.2. The van der Waals surface area contributed by atoms with Crippen molar-refractivity contribution in [3.05, 3.63) is 23.8 Å². The fourth-order valence-corrected chi connectivity index (χ4v) is 1.57. The van der Waals surface area contributed by atoms with Crippen molar-refractivity contribution in [3.8, 4) is 5.75 Å². The number of carboxylic acids is 1. The Kier molecular flexibility index (Phi) is 5.33. The van der Waals surface area contributed by atoms with Crippen molar-refractivity contribution in [2.24, 2.45) is 0 Å². The largest absolute Gasteiger partial charge is 0.491 e. The molecule has 3 N–H and O–H groups in total. The van der Waals surface area contributed by atoms with Gasteiger partial charge in [-0.25, -0.2) is 4.79 Å². The molecule has 0 fully saturated rings. The second-order valence-corrected chi connectivity index (χ2v) is 3.93. The Hall–Kier alpha value is -1.71. The predicted molar refractivity (Wildman–Crippen MR) is 67.5 cm³/mol. The van der Waals surface area contributed by atoms with E-state index < -0.39 is 5.97 Å². The van der Waals surface area contributed by atoms with E-state index in [1.54, 1.807) is 12.1 Å². The molecule has 0 atom stereocenters. The van der Waals surface area contributed by atoms with Gasteiger partial charge in [-0.3, -0.25) is 0 Å². The number of hydrogen-bond acceptors (Lipinski definition) is 3. The van der Waals surface area contributed by atoms with Crippen LogP contribution in [0.2, 0.25) is 0 Å². The van der Waals surface area contributed by atoms with Crippen LogP contribution in [-0.4, -0.2) is 17.7 Å². The van der Waals surface area contributed by atoms with E-state index in [0.717, 1.165) is 12.8 Å². The number of carbonyl (C=O) groups is 1. The first-order chi connectivity index (χ1) is 8.16. The summed E-state index contributed by atoms with van der Waals surface area (Å²) in [6.45, 7) is 2.72. The van der Waals surface area contributed by atoms with Gasteiger partial charge < -0.3 is 15.6 Å². The maximum atomic E-state index is 10.9. The number of carboxylic acid groups (broad SMARTS) is 1. The van der Waals surface area contributed by atoms with Crippen LogP contribution in [0.3, 0.4) is 0 Å². The highest BCUT2D eigenvalue weighted by Crippen LogP contribution is 2.25. The second kappa shape index (κ2) is 6.78. The number of hydrogen-bond donors (Lipinski definition) is 2. The average molecular weight is 237 g/mol. The summed E-state index contributed by atoms with van der Waals surface area (Å²) in [6.07, 6.45) is 4.45. The molecule has 1 rings (SSSR count). The third-order valence-corrected chi connectivity index (χ3v) is 2.55. The van der Waals surface area contributed by atoms with Crippen molar-refractivity contribution < 1.29 is 14.6 Å². The molecule has 0 unspecified atom stereocenters. The minimum absolute atomic E-state index is 0.0936. The molecule has 0 saturated heterocycles. The van der Waals surface area contributed by atoms with E-state index in [9.17, 15) is 4.79 Å². The van der Waals surface area contributed by atoms with Gasteiger partial charge in [-0.2, -0.15) is 0 Å². The van der Waals surface area contributed by atoms with Crippen LogP contribution >= 0.6 is 0 Å². The second-order valence-electron chi connectivity index (χ2n) is 3.93. The zero-order valence-electron chi connectivity index (χ0n) is 10.1. The first-order valence-corrected chi connectivity index (χ1v) is 5.91. The molecule has 0 saturated carbocycles. The van der Waals surface area contributed by atoms with Crippen LogP contribution in [0, 0.1) is 0 Å². The zero-order chi connectivity index (χ0) is 12.7. The van der Waals surface area contributed by atoms with Crippen molar-refractivity contribution in [2.45, 2.75) is 32.6 Å². The number of aromatic carboxylic acids is 1. The highest BCUT2D eigenvalue weighted by atomic mass is 16.5. The molecule has 94 valence electrons. The molecule has 0 aliphatic heterocycles. The topological polar surface area (TPSA) is 72.5 Å². The van der Waals surface area contributed by atoms with Crippen LogP contribution in [0.5, 0.6) is 5.75 Å². The molecule has 1 aromatic carbocycles. The van der Waals surface area contributed by atoms with E-state index >= 15 is 0 Å². The summed E-state index contributed by atoms with van der Waals surface area (Å²) in [4.78, 5) is 10.9. The molecule has 4 heteroatoms. The Bertz CT molecular complexity index is 377. The lowest BCUT2D eigenvalue weighted by atomic mass is 10.1. The Balaban J connectivity index is 2.54. The fourth-order valence-electron chi connectivity index (χ4n) is 1.57. The number of unbranched alkanes of at least 4 members (excludes halogenated alkanes) is 3. The lowest BCUT2D eigenvalue weighted by Crippen LogP contribution is -2.06. The number of nitrogens with two attached hydrogens (primary N) is 1. The molecule has 17 heavy (non-hydrogen) atoms. The van der Waals surface area contributed by atoms with Gasteiger partial charge >= 0.3 is 5.97 Å². The molecular weight excluding hydrogens is 218 g/mol. The maximum Gasteiger partial charge on any atom is 0.337 e. The van der Waals surface area contributed by atoms with Crippen molar-refractivity contribution in [1.82, 2.24) is 0 Å². The van der Waals surface area contributed by atoms with Crippen LogP contribution < -0.4 is 10.5 Å². The van der Waals surface area contributed by atoms with E-state index in [0.29, 0.717) is 12.4 Å². The third kappa shape index (κ3) is 3.98. The van der Waals surface area contributed by atoms with E-state index in [2.05, 4.69) is 6.92 Å². The molecule has 0 spiro atoms. The van der Waals surface area contributed by atoms with Crippen molar-refractivity contribution >= 4 is 11.7 Å². The summed E-state index contributed by atoms with van der Waals surface area (Å²) in [5.41, 5.74) is 6.02. The monoisotopic (exact) mass is 237 g/mol. The molecular formula is C13H19NO3. The number of ether oxygens (including phenoxy) is 1. The van der Waals surface area contributed by atoms with Gasteiger partial charge in [-0.05, 0) is 18.6 Å². The molecule has 0 heterocycles. The number of benzene rings is 1. The van der Waals surface area contributed by atoms with Gasteiger partial charge in [0, 0.05) is 0 Å². The van der Waals surface area contributed by atoms with E-state index in [1.165, 1.54) is 18.9 Å². The van der Waals surface area contributed by atoms with Gasteiger partial charge in [-0.1, -0.05) is 32.3 Å². The van der Waals surface area contributed by atoms with Crippen molar-refractivity contribution in [1.29, 1.82) is 0 Å². The van der Waals surface area contributed by atoms with Gasteiger partial charge in [0.05, 0.1) is 17.9 Å². The summed E-state index contributed by atoms with van der Waals surface area (Å²) in [7, 11) is 0. The lowest BCUT2D eigenvalue weighted by Gasteiger charge is -2.10. The molecule has 0 amide bonds. The third-order valence-electron chi connectivity index (χ3n) is 2.55. The minimum Gasteiger partial charge on any atom is -0.491 e. The first kappa shape index (κ1) is 13.4. The van der Waals surface area contributed by atoms with Crippen LogP contribution in [0.15, 0.2) is 18.2 Å². The van der Waals surface area contributed by atoms with E-state index in [4.69, 9.17) is 15.6 Å². The fraction of sp³-hybridized carbons (Fsp3) is 0.462. The van der Waals surface area contributed by atoms with Crippen LogP contribution in [-0.2, 0) is 0 Å². The van der Waals surface area contributed by atoms with E-state index in [1.807, 2.05) is 0 Å². The predicted octanol–water partition coefficient (Wildman–Crippen LogP) is 2.93.